The van der Waals surface area contributed by atoms with Gasteiger partial charge in [-0.15, -0.1) is 11.3 Å². The molecule has 1 heterocycles. The van der Waals surface area contributed by atoms with Crippen molar-refractivity contribution in [2.24, 2.45) is 0 Å². The number of thiophene rings is 1. The summed E-state index contributed by atoms with van der Waals surface area (Å²) in [5.74, 6) is 0.529. The van der Waals surface area contributed by atoms with Crippen LogP contribution in [-0.2, 0) is 19.9 Å². The summed E-state index contributed by atoms with van der Waals surface area (Å²) in [5.41, 5.74) is 0.238. The molecule has 0 saturated heterocycles. The van der Waals surface area contributed by atoms with E-state index in [0.29, 0.717) is 11.5 Å². The molecule has 1 atom stereocenters. The van der Waals surface area contributed by atoms with E-state index in [1.165, 1.54) is 11.4 Å². The van der Waals surface area contributed by atoms with Gasteiger partial charge in [0.05, 0.1) is 5.56 Å². The predicted molar refractivity (Wildman–Crippen MR) is 73.2 cm³/mol. The lowest BCUT2D eigenvalue weighted by atomic mass is 10.3. The lowest BCUT2D eigenvalue weighted by Gasteiger charge is -2.02. The number of halogens is 1. The van der Waals surface area contributed by atoms with Crippen LogP contribution in [0.1, 0.15) is 17.3 Å². The SMILES string of the molecule is CCS(=O)CCNC(=O)c1csc(S(=O)(=O)Cl)c1. The Kier molecular flexibility index (Phi) is 5.77. The second kappa shape index (κ2) is 6.65. The van der Waals surface area contributed by atoms with Crippen molar-refractivity contribution in [2.45, 2.75) is 11.1 Å². The summed E-state index contributed by atoms with van der Waals surface area (Å²) in [4.78, 5) is 11.6. The third-order valence-corrected chi connectivity index (χ3v) is 6.36. The zero-order chi connectivity index (χ0) is 13.8. The number of carbonyl (C=O) groups excluding carboxylic acids is 1. The molecule has 1 rings (SSSR count). The molecule has 0 radical (unpaired) electrons. The average Bonchev–Trinajstić information content (AvgIpc) is 2.77. The van der Waals surface area contributed by atoms with Crippen molar-refractivity contribution in [3.8, 4) is 0 Å². The van der Waals surface area contributed by atoms with Crippen LogP contribution in [-0.4, -0.2) is 36.6 Å². The molecule has 1 N–H and O–H groups in total. The van der Waals surface area contributed by atoms with Gasteiger partial charge in [0.2, 0.25) is 0 Å². The van der Waals surface area contributed by atoms with E-state index in [9.17, 15) is 17.4 Å². The fourth-order valence-corrected chi connectivity index (χ4v) is 3.65. The van der Waals surface area contributed by atoms with E-state index in [1.54, 1.807) is 6.92 Å². The number of amides is 1. The number of nitrogens with one attached hydrogen (secondary N) is 1. The first-order valence-corrected chi connectivity index (χ1v) is 9.68. The van der Waals surface area contributed by atoms with Gasteiger partial charge in [-0.2, -0.15) is 0 Å². The highest BCUT2D eigenvalue weighted by atomic mass is 35.7. The number of rotatable bonds is 6. The maximum Gasteiger partial charge on any atom is 0.270 e. The van der Waals surface area contributed by atoms with Gasteiger partial charge in [0.15, 0.2) is 0 Å². The molecule has 0 aliphatic heterocycles. The van der Waals surface area contributed by atoms with E-state index >= 15 is 0 Å². The van der Waals surface area contributed by atoms with Crippen LogP contribution >= 0.6 is 22.0 Å². The Balaban J connectivity index is 2.58. The van der Waals surface area contributed by atoms with Crippen LogP contribution in [0.25, 0.3) is 0 Å². The Bertz CT molecular complexity index is 552. The minimum atomic E-state index is -3.79. The fraction of sp³-hybridized carbons (Fsp3) is 0.444. The molecule has 0 saturated carbocycles. The quantitative estimate of drug-likeness (QED) is 0.794. The standard InChI is InChI=1S/C9H12ClNO4S3/c1-2-17(13)4-3-11-9(12)7-5-8(16-6-7)18(10,14)15/h5-6H,2-4H2,1H3,(H,11,12). The van der Waals surface area contributed by atoms with Crippen molar-refractivity contribution in [1.29, 1.82) is 0 Å². The first-order valence-electron chi connectivity index (χ1n) is 5.01. The molecule has 18 heavy (non-hydrogen) atoms. The molecular weight excluding hydrogens is 318 g/mol. The molecule has 0 spiro atoms. The second-order valence-corrected chi connectivity index (χ2v) is 8.85. The number of hydrogen-bond acceptors (Lipinski definition) is 5. The topological polar surface area (TPSA) is 80.3 Å². The van der Waals surface area contributed by atoms with Crippen molar-refractivity contribution in [3.63, 3.8) is 0 Å². The first-order chi connectivity index (χ1) is 8.34. The fourth-order valence-electron chi connectivity index (χ4n) is 1.09. The van der Waals surface area contributed by atoms with Crippen LogP contribution in [0.15, 0.2) is 15.7 Å². The zero-order valence-electron chi connectivity index (χ0n) is 9.51. The molecule has 1 amide bonds. The van der Waals surface area contributed by atoms with Gasteiger partial charge >= 0.3 is 0 Å². The Hall–Kier alpha value is -0.440. The summed E-state index contributed by atoms with van der Waals surface area (Å²) in [6.45, 7) is 2.09. The van der Waals surface area contributed by atoms with Gasteiger partial charge in [0, 0.05) is 44.9 Å². The molecule has 0 bridgehead atoms. The smallest absolute Gasteiger partial charge is 0.270 e. The zero-order valence-corrected chi connectivity index (χ0v) is 12.7. The normalized spacial score (nSPS) is 13.2. The number of hydrogen-bond donors (Lipinski definition) is 1. The highest BCUT2D eigenvalue weighted by Gasteiger charge is 2.16. The Morgan fingerprint density at radius 1 is 1.56 bits per heavy atom. The highest BCUT2D eigenvalue weighted by molar-refractivity contribution is 8.15. The lowest BCUT2D eigenvalue weighted by molar-refractivity contribution is 0.0956. The van der Waals surface area contributed by atoms with Crippen LogP contribution in [0.2, 0.25) is 0 Å². The maximum absolute atomic E-state index is 11.6. The van der Waals surface area contributed by atoms with E-state index < -0.39 is 25.8 Å². The largest absolute Gasteiger partial charge is 0.351 e. The van der Waals surface area contributed by atoms with Crippen LogP contribution in [0.3, 0.4) is 0 Å². The van der Waals surface area contributed by atoms with Crippen LogP contribution in [0.5, 0.6) is 0 Å². The number of carbonyl (C=O) groups is 1. The molecule has 0 aromatic carbocycles. The van der Waals surface area contributed by atoms with Gasteiger partial charge in [-0.25, -0.2) is 8.42 Å². The summed E-state index contributed by atoms with van der Waals surface area (Å²) in [7, 11) is 0.423. The van der Waals surface area contributed by atoms with Gasteiger partial charge in [-0.3, -0.25) is 9.00 Å². The summed E-state index contributed by atoms with van der Waals surface area (Å²) in [5, 5.41) is 3.98. The van der Waals surface area contributed by atoms with Gasteiger partial charge in [0.1, 0.15) is 4.21 Å². The summed E-state index contributed by atoms with van der Waals surface area (Å²) >= 11 is 0.888. The van der Waals surface area contributed by atoms with Crippen molar-refractivity contribution in [1.82, 2.24) is 5.32 Å². The van der Waals surface area contributed by atoms with Crippen LogP contribution in [0.4, 0.5) is 0 Å². The Morgan fingerprint density at radius 2 is 2.22 bits per heavy atom. The molecule has 0 aliphatic rings. The minimum absolute atomic E-state index is 0.0635. The summed E-state index contributed by atoms with van der Waals surface area (Å²) in [6.07, 6.45) is 0. The molecule has 1 aromatic rings. The minimum Gasteiger partial charge on any atom is -0.351 e. The van der Waals surface area contributed by atoms with E-state index in [4.69, 9.17) is 10.7 Å². The van der Waals surface area contributed by atoms with Crippen LogP contribution < -0.4 is 5.32 Å². The molecule has 9 heteroatoms. The third-order valence-electron chi connectivity index (χ3n) is 2.02. The van der Waals surface area contributed by atoms with E-state index in [0.717, 1.165) is 11.3 Å². The van der Waals surface area contributed by atoms with Crippen molar-refractivity contribution in [3.05, 3.63) is 17.0 Å². The maximum atomic E-state index is 11.6. The van der Waals surface area contributed by atoms with Gasteiger partial charge in [0.25, 0.3) is 15.0 Å². The van der Waals surface area contributed by atoms with E-state index in [2.05, 4.69) is 5.32 Å². The summed E-state index contributed by atoms with van der Waals surface area (Å²) in [6, 6.07) is 1.22. The molecular formula is C9H12ClNO4S3. The van der Waals surface area contributed by atoms with Crippen molar-refractivity contribution >= 4 is 47.8 Å². The molecule has 102 valence electrons. The van der Waals surface area contributed by atoms with Crippen LogP contribution in [0, 0.1) is 0 Å². The second-order valence-electron chi connectivity index (χ2n) is 3.28. The Labute approximate surface area is 116 Å². The molecule has 1 unspecified atom stereocenters. The van der Waals surface area contributed by atoms with Gasteiger partial charge in [-0.1, -0.05) is 6.92 Å². The summed E-state index contributed by atoms with van der Waals surface area (Å²) < 4.78 is 33.1. The van der Waals surface area contributed by atoms with Crippen molar-refractivity contribution in [2.75, 3.05) is 18.1 Å². The van der Waals surface area contributed by atoms with E-state index in [1.807, 2.05) is 0 Å². The van der Waals surface area contributed by atoms with Gasteiger partial charge < -0.3 is 5.32 Å². The monoisotopic (exact) mass is 329 g/mol. The first kappa shape index (κ1) is 15.6. The average molecular weight is 330 g/mol. The highest BCUT2D eigenvalue weighted by Crippen LogP contribution is 2.23. The van der Waals surface area contributed by atoms with E-state index in [-0.39, 0.29) is 16.3 Å². The molecule has 5 nitrogen and oxygen atoms in total. The Morgan fingerprint density at radius 3 is 2.72 bits per heavy atom. The lowest BCUT2D eigenvalue weighted by Crippen LogP contribution is -2.27. The predicted octanol–water partition coefficient (Wildman–Crippen LogP) is 1.17. The molecule has 0 aliphatic carbocycles. The molecule has 0 fully saturated rings. The third kappa shape index (κ3) is 4.68. The van der Waals surface area contributed by atoms with Crippen molar-refractivity contribution < 1.29 is 17.4 Å². The molecule has 1 aromatic heterocycles. The van der Waals surface area contributed by atoms with Gasteiger partial charge in [-0.05, 0) is 6.07 Å².